The maximum absolute atomic E-state index is 13.9. The molecular formula is C13H9Cl2FN2O2. The molecule has 0 radical (unpaired) electrons. The molecule has 0 atom stereocenters. The molecule has 104 valence electrons. The molecule has 0 spiro atoms. The van der Waals surface area contributed by atoms with Gasteiger partial charge in [-0.15, -0.1) is 18.0 Å². The molecule has 0 saturated carbocycles. The Bertz CT molecular complexity index is 626. The van der Waals surface area contributed by atoms with Crippen LogP contribution in [-0.2, 0) is 4.79 Å². The van der Waals surface area contributed by atoms with Crippen LogP contribution in [0.15, 0.2) is 17.1 Å². The summed E-state index contributed by atoms with van der Waals surface area (Å²) in [7, 11) is 0. The van der Waals surface area contributed by atoms with Crippen LogP contribution < -0.4 is 9.64 Å². The van der Waals surface area contributed by atoms with Crippen molar-refractivity contribution in [1.82, 2.24) is 0 Å². The molecule has 0 N–H and O–H groups in total. The Kier molecular flexibility index (Phi) is 4.48. The van der Waals surface area contributed by atoms with Gasteiger partial charge >= 0.3 is 0 Å². The Balaban J connectivity index is 2.51. The largest absolute Gasteiger partial charge is 0.481 e. The number of terminal acetylenes is 1. The van der Waals surface area contributed by atoms with Crippen molar-refractivity contribution in [3.63, 3.8) is 0 Å². The van der Waals surface area contributed by atoms with Crippen LogP contribution in [0.1, 0.15) is 0 Å². The first-order valence-corrected chi connectivity index (χ1v) is 6.47. The van der Waals surface area contributed by atoms with Crippen LogP contribution in [0.2, 0.25) is 0 Å². The predicted molar refractivity (Wildman–Crippen MR) is 76.7 cm³/mol. The minimum Gasteiger partial charge on any atom is -0.481 e. The Labute approximate surface area is 125 Å². The van der Waals surface area contributed by atoms with Crippen LogP contribution in [0, 0.1) is 18.2 Å². The molecule has 0 fully saturated rings. The molecule has 1 amide bonds. The molecule has 20 heavy (non-hydrogen) atoms. The van der Waals surface area contributed by atoms with Gasteiger partial charge in [-0.2, -0.15) is 0 Å². The molecule has 0 unspecified atom stereocenters. The lowest BCUT2D eigenvalue weighted by Crippen LogP contribution is -2.39. The topological polar surface area (TPSA) is 41.9 Å². The second-order valence-electron chi connectivity index (χ2n) is 3.87. The first-order chi connectivity index (χ1) is 9.56. The zero-order chi connectivity index (χ0) is 14.7. The van der Waals surface area contributed by atoms with Crippen LogP contribution in [0.3, 0.4) is 0 Å². The van der Waals surface area contributed by atoms with Gasteiger partial charge in [-0.05, 0) is 6.07 Å². The molecule has 1 heterocycles. The number of aliphatic imine (C=N–C) groups is 1. The molecule has 0 saturated heterocycles. The van der Waals surface area contributed by atoms with Crippen molar-refractivity contribution in [2.45, 2.75) is 0 Å². The number of fused-ring (bicyclic) bond motifs is 1. The number of carbonyl (C=O) groups is 1. The summed E-state index contributed by atoms with van der Waals surface area (Å²) in [6.07, 6.45) is 5.22. The summed E-state index contributed by atoms with van der Waals surface area (Å²) >= 11 is 11.2. The summed E-state index contributed by atoms with van der Waals surface area (Å²) in [5.74, 6) is 1.63. The summed E-state index contributed by atoms with van der Waals surface area (Å²) in [6.45, 7) is -0.119. The SMILES string of the molecule is C#CCN1C(=O)COc2cc(F)c(N=C(Cl)CCl)cc21. The lowest BCUT2D eigenvalue weighted by Gasteiger charge is -2.28. The number of ether oxygens (including phenoxy) is 1. The number of rotatable bonds is 3. The third-order valence-electron chi connectivity index (χ3n) is 2.57. The van der Waals surface area contributed by atoms with Gasteiger partial charge in [0.1, 0.15) is 16.6 Å². The molecule has 1 aromatic carbocycles. The highest BCUT2D eigenvalue weighted by Crippen LogP contribution is 2.37. The molecule has 1 aromatic rings. The van der Waals surface area contributed by atoms with E-state index in [1.54, 1.807) is 0 Å². The van der Waals surface area contributed by atoms with E-state index < -0.39 is 5.82 Å². The Hall–Kier alpha value is -1.77. The van der Waals surface area contributed by atoms with Gasteiger partial charge in [-0.25, -0.2) is 9.38 Å². The van der Waals surface area contributed by atoms with Gasteiger partial charge in [0.25, 0.3) is 5.91 Å². The fraction of sp³-hybridized carbons (Fsp3) is 0.231. The first-order valence-electron chi connectivity index (χ1n) is 5.56. The lowest BCUT2D eigenvalue weighted by molar-refractivity contribution is -0.121. The van der Waals surface area contributed by atoms with Gasteiger partial charge in [-0.3, -0.25) is 9.69 Å². The van der Waals surface area contributed by atoms with Crippen LogP contribution >= 0.6 is 23.2 Å². The van der Waals surface area contributed by atoms with Crippen molar-refractivity contribution >= 4 is 45.7 Å². The van der Waals surface area contributed by atoms with E-state index in [-0.39, 0.29) is 41.5 Å². The predicted octanol–water partition coefficient (Wildman–Crippen LogP) is 2.69. The number of amides is 1. The fourth-order valence-electron chi connectivity index (χ4n) is 1.72. The standard InChI is InChI=1S/C13H9Cl2FN2O2/c1-2-3-18-10-5-9(17-12(15)6-14)8(16)4-11(10)20-7-13(18)19/h1,4-5H,3,6-7H2. The molecule has 4 nitrogen and oxygen atoms in total. The molecule has 7 heteroatoms. The first kappa shape index (κ1) is 14.6. The zero-order valence-electron chi connectivity index (χ0n) is 10.2. The number of hydrogen-bond donors (Lipinski definition) is 0. The lowest BCUT2D eigenvalue weighted by atomic mass is 10.2. The third kappa shape index (κ3) is 2.87. The Morgan fingerprint density at radius 2 is 2.35 bits per heavy atom. The van der Waals surface area contributed by atoms with E-state index in [2.05, 4.69) is 10.9 Å². The van der Waals surface area contributed by atoms with Gasteiger partial charge in [0.05, 0.1) is 18.1 Å². The summed E-state index contributed by atoms with van der Waals surface area (Å²) in [4.78, 5) is 16.9. The molecule has 1 aliphatic heterocycles. The average Bonchev–Trinajstić information content (AvgIpc) is 2.43. The number of benzene rings is 1. The quantitative estimate of drug-likeness (QED) is 0.489. The normalized spacial score (nSPS) is 14.6. The van der Waals surface area contributed by atoms with E-state index in [1.165, 1.54) is 11.0 Å². The smallest absolute Gasteiger partial charge is 0.265 e. The van der Waals surface area contributed by atoms with Gasteiger partial charge < -0.3 is 4.74 Å². The van der Waals surface area contributed by atoms with Crippen molar-refractivity contribution in [1.29, 1.82) is 0 Å². The molecule has 0 aliphatic carbocycles. The van der Waals surface area contributed by atoms with Crippen molar-refractivity contribution in [3.8, 4) is 18.1 Å². The number of carbonyl (C=O) groups excluding carboxylic acids is 1. The van der Waals surface area contributed by atoms with Crippen LogP contribution in [0.5, 0.6) is 5.75 Å². The van der Waals surface area contributed by atoms with Gasteiger partial charge in [0.15, 0.2) is 12.4 Å². The Morgan fingerprint density at radius 3 is 3.00 bits per heavy atom. The molecule has 1 aliphatic rings. The van der Waals surface area contributed by atoms with Crippen LogP contribution in [0.25, 0.3) is 0 Å². The maximum atomic E-state index is 13.9. The van der Waals surface area contributed by atoms with Crippen molar-refractivity contribution in [2.75, 3.05) is 23.9 Å². The van der Waals surface area contributed by atoms with Crippen molar-refractivity contribution in [2.24, 2.45) is 4.99 Å². The van der Waals surface area contributed by atoms with Crippen molar-refractivity contribution < 1.29 is 13.9 Å². The van der Waals surface area contributed by atoms with E-state index in [1.807, 2.05) is 0 Å². The van der Waals surface area contributed by atoms with E-state index in [9.17, 15) is 9.18 Å². The fourth-order valence-corrected chi connectivity index (χ4v) is 1.87. The summed E-state index contributed by atoms with van der Waals surface area (Å²) in [5, 5.41) is 0.0390. The van der Waals surface area contributed by atoms with Crippen LogP contribution in [-0.4, -0.2) is 30.1 Å². The third-order valence-corrected chi connectivity index (χ3v) is 3.18. The van der Waals surface area contributed by atoms with Crippen LogP contribution in [0.4, 0.5) is 15.8 Å². The summed E-state index contributed by atoms with van der Waals surface area (Å²) in [5.41, 5.74) is 0.327. The number of nitrogens with zero attached hydrogens (tertiary/aromatic N) is 2. The minimum atomic E-state index is -0.623. The zero-order valence-corrected chi connectivity index (χ0v) is 11.7. The van der Waals surface area contributed by atoms with Crippen molar-refractivity contribution in [3.05, 3.63) is 17.9 Å². The monoisotopic (exact) mass is 314 g/mol. The number of halogens is 3. The number of alkyl halides is 1. The average molecular weight is 315 g/mol. The molecule has 2 rings (SSSR count). The highest BCUT2D eigenvalue weighted by atomic mass is 35.5. The second kappa shape index (κ2) is 6.12. The molecular weight excluding hydrogens is 306 g/mol. The highest BCUT2D eigenvalue weighted by molar-refractivity contribution is 6.69. The molecule has 0 aromatic heterocycles. The highest BCUT2D eigenvalue weighted by Gasteiger charge is 2.26. The van der Waals surface area contributed by atoms with E-state index in [0.717, 1.165) is 6.07 Å². The summed E-state index contributed by atoms with van der Waals surface area (Å²) in [6, 6.07) is 2.50. The summed E-state index contributed by atoms with van der Waals surface area (Å²) < 4.78 is 19.0. The minimum absolute atomic E-state index is 0.0327. The molecule has 0 bridgehead atoms. The number of anilines is 1. The van der Waals surface area contributed by atoms with Gasteiger partial charge in [0, 0.05) is 6.07 Å². The maximum Gasteiger partial charge on any atom is 0.265 e. The Morgan fingerprint density at radius 1 is 1.60 bits per heavy atom. The van der Waals surface area contributed by atoms with E-state index in [4.69, 9.17) is 34.4 Å². The van der Waals surface area contributed by atoms with E-state index >= 15 is 0 Å². The second-order valence-corrected chi connectivity index (χ2v) is 4.57. The van der Waals surface area contributed by atoms with Gasteiger partial charge in [0.2, 0.25) is 0 Å². The van der Waals surface area contributed by atoms with E-state index in [0.29, 0.717) is 5.69 Å². The number of hydrogen-bond acceptors (Lipinski definition) is 3. The van der Waals surface area contributed by atoms with Gasteiger partial charge in [-0.1, -0.05) is 17.5 Å².